The molecule has 10 nitrogen and oxygen atoms in total. The fourth-order valence-corrected chi connectivity index (χ4v) is 3.65. The summed E-state index contributed by atoms with van der Waals surface area (Å²) >= 11 is 0. The van der Waals surface area contributed by atoms with E-state index in [4.69, 9.17) is 16.0 Å². The highest BCUT2D eigenvalue weighted by atomic mass is 16.5. The van der Waals surface area contributed by atoms with Gasteiger partial charge in [-0.05, 0) is 38.5 Å². The molecule has 0 saturated heterocycles. The Morgan fingerprint density at radius 1 is 1.18 bits per heavy atom. The van der Waals surface area contributed by atoms with E-state index in [-0.39, 0.29) is 35.6 Å². The molecule has 0 unspecified atom stereocenters. The highest BCUT2D eigenvalue weighted by Crippen LogP contribution is 2.29. The van der Waals surface area contributed by atoms with Gasteiger partial charge in [0.05, 0.1) is 6.42 Å². The highest BCUT2D eigenvalue weighted by Gasteiger charge is 2.22. The predicted molar refractivity (Wildman–Crippen MR) is 128 cm³/mol. The molecule has 3 heterocycles. The first-order valence-corrected chi connectivity index (χ1v) is 10.7. The van der Waals surface area contributed by atoms with Crippen LogP contribution in [0.15, 0.2) is 53.2 Å². The van der Waals surface area contributed by atoms with Gasteiger partial charge >= 0.3 is 0 Å². The first kappa shape index (κ1) is 22.7. The Morgan fingerprint density at radius 3 is 2.56 bits per heavy atom. The number of hydrogen-bond acceptors (Lipinski definition) is 7. The molecule has 4 aromatic rings. The van der Waals surface area contributed by atoms with Crippen LogP contribution in [0, 0.1) is 6.92 Å². The number of amides is 2. The summed E-state index contributed by atoms with van der Waals surface area (Å²) in [6.45, 7) is 5.70. The van der Waals surface area contributed by atoms with Gasteiger partial charge in [-0.1, -0.05) is 29.4 Å². The van der Waals surface area contributed by atoms with Crippen molar-refractivity contribution in [1.29, 1.82) is 0 Å². The van der Waals surface area contributed by atoms with E-state index in [1.54, 1.807) is 41.2 Å². The summed E-state index contributed by atoms with van der Waals surface area (Å²) in [4.78, 5) is 28.7. The number of pyridine rings is 1. The highest BCUT2D eigenvalue weighted by molar-refractivity contribution is 6.03. The monoisotopic (exact) mass is 459 g/mol. The Balaban J connectivity index is 1.47. The van der Waals surface area contributed by atoms with Gasteiger partial charge in [-0.2, -0.15) is 5.10 Å². The van der Waals surface area contributed by atoms with Crippen molar-refractivity contribution in [2.75, 3.05) is 11.1 Å². The molecule has 10 heteroatoms. The first-order valence-electron chi connectivity index (χ1n) is 10.7. The second kappa shape index (κ2) is 9.18. The zero-order valence-electron chi connectivity index (χ0n) is 19.1. The number of nitrogen functional groups attached to an aromatic ring is 1. The molecule has 0 fully saturated rings. The number of primary amides is 1. The summed E-state index contributed by atoms with van der Waals surface area (Å²) < 4.78 is 6.82. The third-order valence-corrected chi connectivity index (χ3v) is 5.33. The molecule has 4 rings (SSSR count). The van der Waals surface area contributed by atoms with Crippen molar-refractivity contribution in [2.24, 2.45) is 5.73 Å². The van der Waals surface area contributed by atoms with E-state index in [2.05, 4.69) is 20.6 Å². The maximum Gasteiger partial charge on any atom is 0.254 e. The van der Waals surface area contributed by atoms with Crippen molar-refractivity contribution in [3.8, 4) is 22.5 Å². The van der Waals surface area contributed by atoms with Crippen molar-refractivity contribution in [1.82, 2.24) is 19.9 Å². The van der Waals surface area contributed by atoms with Gasteiger partial charge in [0.2, 0.25) is 11.8 Å². The first-order chi connectivity index (χ1) is 16.2. The number of anilines is 2. The number of aryl methyl sites for hydroxylation is 1. The Kier molecular flexibility index (Phi) is 6.13. The number of hydrogen-bond donors (Lipinski definition) is 3. The average Bonchev–Trinajstić information content (AvgIpc) is 3.39. The molecule has 0 aliphatic rings. The molecule has 0 atom stereocenters. The van der Waals surface area contributed by atoms with Crippen LogP contribution in [0.4, 0.5) is 11.7 Å². The van der Waals surface area contributed by atoms with Crippen LogP contribution in [0.3, 0.4) is 0 Å². The molecule has 0 spiro atoms. The van der Waals surface area contributed by atoms with Gasteiger partial charge in [0, 0.05) is 35.1 Å². The lowest BCUT2D eigenvalue weighted by molar-refractivity contribution is -0.115. The minimum absolute atomic E-state index is 0.0338. The van der Waals surface area contributed by atoms with E-state index in [0.717, 1.165) is 16.8 Å². The number of nitrogens with one attached hydrogen (secondary N) is 1. The van der Waals surface area contributed by atoms with E-state index in [9.17, 15) is 9.59 Å². The van der Waals surface area contributed by atoms with Gasteiger partial charge in [-0.25, -0.2) is 4.68 Å². The summed E-state index contributed by atoms with van der Waals surface area (Å²) in [6, 6.07) is 12.4. The lowest BCUT2D eigenvalue weighted by Crippen LogP contribution is -2.15. The molecule has 5 N–H and O–H groups in total. The predicted octanol–water partition coefficient (Wildman–Crippen LogP) is 3.35. The van der Waals surface area contributed by atoms with Crippen LogP contribution in [0.1, 0.15) is 41.5 Å². The van der Waals surface area contributed by atoms with Crippen LogP contribution in [-0.4, -0.2) is 31.7 Å². The molecule has 0 aliphatic carbocycles. The summed E-state index contributed by atoms with van der Waals surface area (Å²) in [6.07, 6.45) is 1.82. The fourth-order valence-electron chi connectivity index (χ4n) is 3.65. The number of carbonyl (C=O) groups is 2. The minimum atomic E-state index is -0.643. The number of benzene rings is 1. The molecule has 0 aliphatic heterocycles. The van der Waals surface area contributed by atoms with Crippen LogP contribution in [0.5, 0.6) is 0 Å². The van der Waals surface area contributed by atoms with Crippen LogP contribution in [-0.2, 0) is 11.2 Å². The van der Waals surface area contributed by atoms with Crippen molar-refractivity contribution in [3.63, 3.8) is 0 Å². The lowest BCUT2D eigenvalue weighted by atomic mass is 10.0. The summed E-state index contributed by atoms with van der Waals surface area (Å²) in [5, 5.41) is 11.2. The number of rotatable bonds is 7. The van der Waals surface area contributed by atoms with Gasteiger partial charge in [-0.3, -0.25) is 19.9 Å². The smallest absolute Gasteiger partial charge is 0.254 e. The Bertz CT molecular complexity index is 1350. The van der Waals surface area contributed by atoms with Crippen molar-refractivity contribution >= 4 is 23.5 Å². The van der Waals surface area contributed by atoms with Crippen molar-refractivity contribution in [3.05, 3.63) is 65.5 Å². The molecule has 174 valence electrons. The van der Waals surface area contributed by atoms with Crippen LogP contribution in [0.2, 0.25) is 0 Å². The summed E-state index contributed by atoms with van der Waals surface area (Å²) in [5.74, 6) is -0.421. The van der Waals surface area contributed by atoms with E-state index in [1.165, 1.54) is 0 Å². The topological polar surface area (TPSA) is 155 Å². The van der Waals surface area contributed by atoms with E-state index >= 15 is 0 Å². The summed E-state index contributed by atoms with van der Waals surface area (Å²) in [7, 11) is 0. The zero-order valence-corrected chi connectivity index (χ0v) is 19.1. The maximum atomic E-state index is 12.5. The minimum Gasteiger partial charge on any atom is -0.383 e. The normalized spacial score (nSPS) is 11.1. The SMILES string of the molecule is Cc1ncccc1-c1cc(NC(=O)Cc2ccc(-c3nn(C(C)C)c(N)c3C(N)=O)cc2)on1. The van der Waals surface area contributed by atoms with Gasteiger partial charge in [0.25, 0.3) is 5.91 Å². The number of carbonyl (C=O) groups excluding carboxylic acids is 2. The van der Waals surface area contributed by atoms with Gasteiger partial charge in [-0.15, -0.1) is 0 Å². The molecule has 34 heavy (non-hydrogen) atoms. The molecule has 3 aromatic heterocycles. The van der Waals surface area contributed by atoms with Crippen LogP contribution in [0.25, 0.3) is 22.5 Å². The molecular formula is C24H25N7O3. The lowest BCUT2D eigenvalue weighted by Gasteiger charge is -2.07. The fraction of sp³-hybridized carbons (Fsp3) is 0.208. The van der Waals surface area contributed by atoms with E-state index in [0.29, 0.717) is 17.0 Å². The Hall–Kier alpha value is -4.47. The Morgan fingerprint density at radius 2 is 1.91 bits per heavy atom. The molecule has 0 saturated carbocycles. The molecular weight excluding hydrogens is 434 g/mol. The molecule has 1 aromatic carbocycles. The third kappa shape index (κ3) is 4.51. The van der Waals surface area contributed by atoms with Gasteiger partial charge in [0.15, 0.2) is 0 Å². The van der Waals surface area contributed by atoms with Gasteiger partial charge < -0.3 is 16.0 Å². The Labute approximate surface area is 196 Å². The quantitative estimate of drug-likeness (QED) is 0.383. The molecule has 2 amide bonds. The second-order valence-corrected chi connectivity index (χ2v) is 8.15. The van der Waals surface area contributed by atoms with Gasteiger partial charge in [0.1, 0.15) is 22.8 Å². The average molecular weight is 460 g/mol. The van der Waals surface area contributed by atoms with Crippen LogP contribution >= 0.6 is 0 Å². The number of nitrogens with two attached hydrogens (primary N) is 2. The van der Waals surface area contributed by atoms with E-state index in [1.807, 2.05) is 32.9 Å². The maximum absolute atomic E-state index is 12.5. The standard InChI is InChI=1S/C24H25N7O3/c1-13(2)31-23(25)21(24(26)33)22(29-31)16-8-6-15(7-9-16)11-19(32)28-20-12-18(30-34-20)17-5-4-10-27-14(17)3/h4-10,12-13H,11,25H2,1-3H3,(H2,26,33)(H,28,32). The van der Waals surface area contributed by atoms with Crippen molar-refractivity contribution in [2.45, 2.75) is 33.2 Å². The zero-order chi connectivity index (χ0) is 24.4. The van der Waals surface area contributed by atoms with E-state index < -0.39 is 5.91 Å². The molecule has 0 bridgehead atoms. The largest absolute Gasteiger partial charge is 0.383 e. The number of aromatic nitrogens is 4. The number of nitrogens with zero attached hydrogens (tertiary/aromatic N) is 4. The second-order valence-electron chi connectivity index (χ2n) is 8.15. The third-order valence-electron chi connectivity index (χ3n) is 5.33. The van der Waals surface area contributed by atoms with Crippen LogP contribution < -0.4 is 16.8 Å². The summed E-state index contributed by atoms with van der Waals surface area (Å²) in [5.41, 5.74) is 15.9. The van der Waals surface area contributed by atoms with Crippen molar-refractivity contribution < 1.29 is 14.1 Å². The molecule has 0 radical (unpaired) electrons.